The van der Waals surface area contributed by atoms with E-state index in [-0.39, 0.29) is 30.5 Å². The van der Waals surface area contributed by atoms with Crippen molar-refractivity contribution in [2.24, 2.45) is 5.73 Å². The monoisotopic (exact) mass is 477 g/mol. The number of tetrazole rings is 1. The molecule has 2 aromatic carbocycles. The van der Waals surface area contributed by atoms with Gasteiger partial charge < -0.3 is 15.2 Å². The molecule has 3 atom stereocenters. The van der Waals surface area contributed by atoms with Gasteiger partial charge in [-0.3, -0.25) is 15.0 Å². The molecule has 2 aliphatic heterocycles. The molecule has 0 aliphatic carbocycles. The molecule has 10 heteroatoms. The Kier molecular flexibility index (Phi) is 6.40. The summed E-state index contributed by atoms with van der Waals surface area (Å²) in [6, 6.07) is 11.0. The summed E-state index contributed by atoms with van der Waals surface area (Å²) in [6.07, 6.45) is 1.78. The fourth-order valence-corrected chi connectivity index (χ4v) is 5.35. The highest BCUT2D eigenvalue weighted by molar-refractivity contribution is 5.90. The van der Waals surface area contributed by atoms with Gasteiger partial charge in [-0.2, -0.15) is 5.21 Å². The zero-order valence-corrected chi connectivity index (χ0v) is 20.2. The molecule has 184 valence electrons. The second-order valence-corrected chi connectivity index (χ2v) is 9.40. The van der Waals surface area contributed by atoms with E-state index >= 15 is 0 Å². The number of aromatic nitrogens is 4. The minimum absolute atomic E-state index is 0.0680. The Morgan fingerprint density at radius 2 is 2.09 bits per heavy atom. The lowest BCUT2D eigenvalue weighted by molar-refractivity contribution is -0.118. The second kappa shape index (κ2) is 9.63. The van der Waals surface area contributed by atoms with E-state index in [1.165, 1.54) is 27.8 Å². The molecule has 0 unspecified atom stereocenters. The van der Waals surface area contributed by atoms with E-state index in [4.69, 9.17) is 15.2 Å². The quantitative estimate of drug-likeness (QED) is 0.493. The summed E-state index contributed by atoms with van der Waals surface area (Å²) in [7, 11) is 1.61. The van der Waals surface area contributed by atoms with Gasteiger partial charge in [0.25, 0.3) is 11.9 Å². The van der Waals surface area contributed by atoms with Gasteiger partial charge in [0.15, 0.2) is 18.1 Å². The molecule has 0 spiro atoms. The van der Waals surface area contributed by atoms with Gasteiger partial charge in [-0.25, -0.2) is 0 Å². The number of nitrogens with zero attached hydrogens (tertiary/aromatic N) is 4. The minimum Gasteiger partial charge on any atom is -0.493 e. The van der Waals surface area contributed by atoms with Crippen LogP contribution < -0.4 is 20.5 Å². The molecule has 4 N–H and O–H groups in total. The number of hydrogen-bond acceptors (Lipinski definition) is 8. The number of piperidine rings is 1. The summed E-state index contributed by atoms with van der Waals surface area (Å²) >= 11 is 0. The molecule has 1 aromatic heterocycles. The number of aromatic amines is 1. The van der Waals surface area contributed by atoms with Crippen molar-refractivity contribution in [3.05, 3.63) is 58.1 Å². The summed E-state index contributed by atoms with van der Waals surface area (Å²) in [5, 5.41) is 15.6. The predicted molar refractivity (Wildman–Crippen MR) is 131 cm³/mol. The molecule has 0 radical (unpaired) electrons. The van der Waals surface area contributed by atoms with Crippen molar-refractivity contribution in [2.45, 2.75) is 44.7 Å². The van der Waals surface area contributed by atoms with Gasteiger partial charge in [-0.05, 0) is 66.3 Å². The number of benzene rings is 2. The van der Waals surface area contributed by atoms with Crippen molar-refractivity contribution >= 4 is 11.9 Å². The second-order valence-electron chi connectivity index (χ2n) is 9.40. The Bertz CT molecular complexity index is 1210. The average Bonchev–Trinajstić information content (AvgIpc) is 3.36. The topological polar surface area (TPSA) is 131 Å². The highest BCUT2D eigenvalue weighted by Crippen LogP contribution is 2.44. The number of fused-ring (bicyclic) bond motifs is 3. The van der Waals surface area contributed by atoms with Crippen LogP contribution >= 0.6 is 0 Å². The van der Waals surface area contributed by atoms with Crippen LogP contribution in [0.15, 0.2) is 30.3 Å². The van der Waals surface area contributed by atoms with E-state index in [9.17, 15) is 4.79 Å². The largest absolute Gasteiger partial charge is 0.493 e. The molecule has 3 aromatic rings. The van der Waals surface area contributed by atoms with Gasteiger partial charge in [0.2, 0.25) is 0 Å². The van der Waals surface area contributed by atoms with E-state index in [2.05, 4.69) is 62.9 Å². The van der Waals surface area contributed by atoms with Crippen molar-refractivity contribution in [1.82, 2.24) is 25.5 Å². The number of anilines is 1. The maximum atomic E-state index is 12.2. The third-order valence-corrected chi connectivity index (χ3v) is 7.13. The van der Waals surface area contributed by atoms with Crippen LogP contribution in [-0.2, 0) is 11.2 Å². The van der Waals surface area contributed by atoms with Crippen molar-refractivity contribution in [1.29, 1.82) is 0 Å². The number of hydrogen-bond donors (Lipinski definition) is 3. The number of rotatable bonds is 6. The van der Waals surface area contributed by atoms with Crippen molar-refractivity contribution in [3.8, 4) is 11.5 Å². The summed E-state index contributed by atoms with van der Waals surface area (Å²) in [5.74, 6) is 1.17. The van der Waals surface area contributed by atoms with Crippen LogP contribution in [0.1, 0.15) is 46.2 Å². The molecule has 1 saturated heterocycles. The summed E-state index contributed by atoms with van der Waals surface area (Å²) in [6.45, 7) is 6.01. The van der Waals surface area contributed by atoms with Crippen molar-refractivity contribution in [3.63, 3.8) is 0 Å². The Hall–Kier alpha value is -3.50. The van der Waals surface area contributed by atoms with E-state index in [1.54, 1.807) is 7.11 Å². The molecule has 35 heavy (non-hydrogen) atoms. The Balaban J connectivity index is 1.33. The van der Waals surface area contributed by atoms with Crippen LogP contribution in [0.5, 0.6) is 11.5 Å². The first kappa shape index (κ1) is 23.3. The summed E-state index contributed by atoms with van der Waals surface area (Å²) in [4.78, 5) is 14.7. The maximum absolute atomic E-state index is 12.2. The number of H-pyrrole nitrogens is 1. The lowest BCUT2D eigenvalue weighted by Gasteiger charge is -2.46. The fraction of sp³-hybridized carbons (Fsp3) is 0.440. The minimum atomic E-state index is -0.381. The zero-order chi connectivity index (χ0) is 24.5. The lowest BCUT2D eigenvalue weighted by Crippen LogP contribution is -2.49. The van der Waals surface area contributed by atoms with E-state index < -0.39 is 0 Å². The van der Waals surface area contributed by atoms with Crippen LogP contribution in [0, 0.1) is 13.8 Å². The number of carbonyl (C=O) groups excluding carboxylic acids is 1. The number of carbonyl (C=O) groups is 1. The lowest BCUT2D eigenvalue weighted by atomic mass is 9.77. The normalized spacial score (nSPS) is 21.7. The number of aryl methyl sites for hydroxylation is 2. The average molecular weight is 478 g/mol. The van der Waals surface area contributed by atoms with Crippen LogP contribution in [0.25, 0.3) is 0 Å². The molecular formula is C25H31N7O3. The van der Waals surface area contributed by atoms with Crippen LogP contribution in [0.4, 0.5) is 5.95 Å². The first-order valence-corrected chi connectivity index (χ1v) is 11.9. The van der Waals surface area contributed by atoms with Gasteiger partial charge in [0.05, 0.1) is 7.11 Å². The number of nitrogens with one attached hydrogen (secondary N) is 2. The molecule has 3 heterocycles. The van der Waals surface area contributed by atoms with E-state index in [1.807, 2.05) is 12.1 Å². The predicted octanol–water partition coefficient (Wildman–Crippen LogP) is 2.26. The Labute approximate surface area is 204 Å². The summed E-state index contributed by atoms with van der Waals surface area (Å²) < 4.78 is 11.4. The van der Waals surface area contributed by atoms with Gasteiger partial charge in [-0.15, -0.1) is 5.10 Å². The third-order valence-electron chi connectivity index (χ3n) is 7.13. The first-order chi connectivity index (χ1) is 16.9. The number of amides is 1. The standard InChI is InChI=1S/C25H31N7O3/c1-14-4-5-15(2)17(8-14)19-12-32-7-6-16-9-23(35-13-24(33)27-25-28-30-31-29-25)22(34-3)10-18(16)21(32)11-20(19)26/h4-5,8-10,19-21H,6-7,11-13,26H2,1-3H3,(H2,27,28,29,30,31,33)/t19-,20+,21+/m1/s1. The number of nitrogens with two attached hydrogens (primary N) is 1. The Morgan fingerprint density at radius 3 is 2.86 bits per heavy atom. The number of ether oxygens (including phenoxy) is 2. The molecule has 1 fully saturated rings. The SMILES string of the molecule is COc1cc2c(cc1OCC(=O)Nc1nn[nH]n1)CCN1C[C@H](c3cc(C)ccc3C)[C@@H](N)C[C@@H]21. The van der Waals surface area contributed by atoms with Crippen LogP contribution in [0.2, 0.25) is 0 Å². The zero-order valence-electron chi connectivity index (χ0n) is 20.2. The smallest absolute Gasteiger partial charge is 0.269 e. The molecule has 5 rings (SSSR count). The molecule has 10 nitrogen and oxygen atoms in total. The Morgan fingerprint density at radius 1 is 1.23 bits per heavy atom. The molecule has 0 saturated carbocycles. The van der Waals surface area contributed by atoms with Gasteiger partial charge >= 0.3 is 0 Å². The van der Waals surface area contributed by atoms with Crippen LogP contribution in [-0.4, -0.2) is 64.3 Å². The number of methoxy groups -OCH3 is 1. The van der Waals surface area contributed by atoms with Gasteiger partial charge in [0.1, 0.15) is 0 Å². The van der Waals surface area contributed by atoms with E-state index in [0.717, 1.165) is 25.9 Å². The van der Waals surface area contributed by atoms with Crippen molar-refractivity contribution < 1.29 is 14.3 Å². The van der Waals surface area contributed by atoms with Gasteiger partial charge in [0, 0.05) is 31.1 Å². The van der Waals surface area contributed by atoms with Gasteiger partial charge in [-0.1, -0.05) is 28.9 Å². The maximum Gasteiger partial charge on any atom is 0.269 e. The fourth-order valence-electron chi connectivity index (χ4n) is 5.35. The molecule has 0 bridgehead atoms. The van der Waals surface area contributed by atoms with Crippen molar-refractivity contribution in [2.75, 3.05) is 32.1 Å². The highest BCUT2D eigenvalue weighted by atomic mass is 16.5. The van der Waals surface area contributed by atoms with Crippen LogP contribution in [0.3, 0.4) is 0 Å². The third kappa shape index (κ3) is 4.71. The first-order valence-electron chi connectivity index (χ1n) is 11.9. The highest BCUT2D eigenvalue weighted by Gasteiger charge is 2.39. The van der Waals surface area contributed by atoms with E-state index in [0.29, 0.717) is 17.4 Å². The molecule has 1 amide bonds. The molecular weight excluding hydrogens is 446 g/mol. The molecule has 2 aliphatic rings. The summed E-state index contributed by atoms with van der Waals surface area (Å²) in [5.41, 5.74) is 13.2.